The van der Waals surface area contributed by atoms with Gasteiger partial charge in [-0.3, -0.25) is 4.79 Å². The van der Waals surface area contributed by atoms with Crippen LogP contribution < -0.4 is 10.6 Å². The zero-order valence-corrected chi connectivity index (χ0v) is 15.7. The lowest BCUT2D eigenvalue weighted by atomic mass is 9.94. The van der Waals surface area contributed by atoms with E-state index in [0.29, 0.717) is 10.7 Å². The van der Waals surface area contributed by atoms with Gasteiger partial charge >= 0.3 is 0 Å². The van der Waals surface area contributed by atoms with Gasteiger partial charge in [0.2, 0.25) is 0 Å². The molecular weight excluding hydrogens is 349 g/mol. The van der Waals surface area contributed by atoms with E-state index in [2.05, 4.69) is 10.6 Å². The lowest BCUT2D eigenvalue weighted by Crippen LogP contribution is -2.46. The van der Waals surface area contributed by atoms with Crippen LogP contribution >= 0.6 is 12.2 Å². The van der Waals surface area contributed by atoms with E-state index in [4.69, 9.17) is 12.2 Å². The maximum absolute atomic E-state index is 13.3. The number of carbonyl (C=O) groups is 1. The van der Waals surface area contributed by atoms with Gasteiger partial charge in [0.25, 0.3) is 5.91 Å². The second-order valence-corrected chi connectivity index (χ2v) is 6.65. The summed E-state index contributed by atoms with van der Waals surface area (Å²) in [5.41, 5.74) is 3.82. The molecule has 0 radical (unpaired) electrons. The number of nitrogens with one attached hydrogen (secondary N) is 2. The van der Waals surface area contributed by atoms with Gasteiger partial charge < -0.3 is 15.5 Å². The molecule has 0 fully saturated rings. The van der Waals surface area contributed by atoms with Crippen LogP contribution in [0, 0.1) is 12.7 Å². The fourth-order valence-electron chi connectivity index (χ4n) is 2.94. The third-order valence-electron chi connectivity index (χ3n) is 4.60. The Kier molecular flexibility index (Phi) is 5.04. The molecule has 2 N–H and O–H groups in total. The number of hydrogen-bond donors (Lipinski definition) is 2. The standard InChI is InChI=1S/C20H20FN3OS/c1-12-6-4-5-7-16(12)22-19(25)17-13(2)24(3)20(26)23-18(17)14-8-10-15(21)11-9-14/h4-11,18H,1-3H3,(H,22,25)(H,23,26). The summed E-state index contributed by atoms with van der Waals surface area (Å²) < 4.78 is 13.3. The highest BCUT2D eigenvalue weighted by atomic mass is 32.1. The Morgan fingerprint density at radius 3 is 2.46 bits per heavy atom. The van der Waals surface area contributed by atoms with Crippen molar-refractivity contribution in [3.8, 4) is 0 Å². The van der Waals surface area contributed by atoms with Gasteiger partial charge in [0.15, 0.2) is 5.11 Å². The number of halogens is 1. The van der Waals surface area contributed by atoms with Crippen LogP contribution in [0.2, 0.25) is 0 Å². The monoisotopic (exact) mass is 369 g/mol. The number of amides is 1. The molecule has 1 atom stereocenters. The van der Waals surface area contributed by atoms with Gasteiger partial charge in [-0.1, -0.05) is 30.3 Å². The minimum atomic E-state index is -0.441. The summed E-state index contributed by atoms with van der Waals surface area (Å²) >= 11 is 5.37. The third kappa shape index (κ3) is 3.46. The normalized spacial score (nSPS) is 17.2. The minimum Gasteiger partial charge on any atom is -0.351 e. The fraction of sp³-hybridized carbons (Fsp3) is 0.200. The van der Waals surface area contributed by atoms with Gasteiger partial charge in [0.1, 0.15) is 5.82 Å². The van der Waals surface area contributed by atoms with Gasteiger partial charge in [0, 0.05) is 18.4 Å². The maximum Gasteiger partial charge on any atom is 0.255 e. The molecule has 0 bridgehead atoms. The summed E-state index contributed by atoms with van der Waals surface area (Å²) in [7, 11) is 1.81. The van der Waals surface area contributed by atoms with Crippen LogP contribution in [0.25, 0.3) is 0 Å². The Morgan fingerprint density at radius 2 is 1.81 bits per heavy atom. The molecule has 0 aliphatic carbocycles. The van der Waals surface area contributed by atoms with Crippen LogP contribution in [0.4, 0.5) is 10.1 Å². The van der Waals surface area contributed by atoms with E-state index in [9.17, 15) is 9.18 Å². The molecule has 134 valence electrons. The Morgan fingerprint density at radius 1 is 1.15 bits per heavy atom. The largest absolute Gasteiger partial charge is 0.351 e. The molecule has 6 heteroatoms. The average molecular weight is 369 g/mol. The number of benzene rings is 2. The lowest BCUT2D eigenvalue weighted by Gasteiger charge is -2.35. The summed E-state index contributed by atoms with van der Waals surface area (Å²) in [4.78, 5) is 14.8. The second-order valence-electron chi connectivity index (χ2n) is 6.26. The van der Waals surface area contributed by atoms with E-state index in [1.54, 1.807) is 17.0 Å². The number of carbonyl (C=O) groups excluding carboxylic acids is 1. The van der Waals surface area contributed by atoms with Crippen molar-refractivity contribution in [3.05, 3.63) is 76.7 Å². The summed E-state index contributed by atoms with van der Waals surface area (Å²) in [6.45, 7) is 3.80. The number of hydrogen-bond acceptors (Lipinski definition) is 2. The molecule has 0 aromatic heterocycles. The number of anilines is 1. The molecule has 1 aliphatic rings. The van der Waals surface area contributed by atoms with Crippen molar-refractivity contribution < 1.29 is 9.18 Å². The molecule has 3 rings (SSSR count). The van der Waals surface area contributed by atoms with Crippen molar-refractivity contribution >= 4 is 28.9 Å². The van der Waals surface area contributed by atoms with Crippen molar-refractivity contribution in [2.24, 2.45) is 0 Å². The first kappa shape index (κ1) is 18.1. The highest BCUT2D eigenvalue weighted by molar-refractivity contribution is 7.80. The van der Waals surface area contributed by atoms with Gasteiger partial charge in [-0.25, -0.2) is 4.39 Å². The molecule has 4 nitrogen and oxygen atoms in total. The number of thiocarbonyl (C=S) groups is 1. The number of rotatable bonds is 3. The first-order chi connectivity index (χ1) is 12.4. The van der Waals surface area contributed by atoms with Crippen LogP contribution in [-0.4, -0.2) is 23.0 Å². The summed E-state index contributed by atoms with van der Waals surface area (Å²) in [6, 6.07) is 13.2. The van der Waals surface area contributed by atoms with E-state index in [0.717, 1.165) is 22.5 Å². The summed E-state index contributed by atoms with van der Waals surface area (Å²) in [6.07, 6.45) is 0. The van der Waals surface area contributed by atoms with E-state index >= 15 is 0 Å². The predicted octanol–water partition coefficient (Wildman–Crippen LogP) is 3.91. The molecule has 2 aromatic rings. The fourth-order valence-corrected chi connectivity index (χ4v) is 3.19. The van der Waals surface area contributed by atoms with Crippen molar-refractivity contribution in [1.29, 1.82) is 0 Å². The molecule has 1 heterocycles. The first-order valence-corrected chi connectivity index (χ1v) is 8.66. The first-order valence-electron chi connectivity index (χ1n) is 8.26. The molecule has 1 amide bonds. The van der Waals surface area contributed by atoms with Crippen LogP contribution in [0.3, 0.4) is 0 Å². The average Bonchev–Trinajstić information content (AvgIpc) is 2.62. The van der Waals surface area contributed by atoms with Crippen molar-refractivity contribution in [1.82, 2.24) is 10.2 Å². The molecule has 0 saturated carbocycles. The van der Waals surface area contributed by atoms with Crippen LogP contribution in [-0.2, 0) is 4.79 Å². The van der Waals surface area contributed by atoms with Gasteiger partial charge in [-0.15, -0.1) is 0 Å². The van der Waals surface area contributed by atoms with Crippen molar-refractivity contribution in [2.75, 3.05) is 12.4 Å². The summed E-state index contributed by atoms with van der Waals surface area (Å²) in [5, 5.41) is 6.67. The molecular formula is C20H20FN3OS. The molecule has 26 heavy (non-hydrogen) atoms. The molecule has 0 spiro atoms. The van der Waals surface area contributed by atoms with Crippen molar-refractivity contribution in [3.63, 3.8) is 0 Å². The van der Waals surface area contributed by atoms with Crippen LogP contribution in [0.5, 0.6) is 0 Å². The van der Waals surface area contributed by atoms with Crippen molar-refractivity contribution in [2.45, 2.75) is 19.9 Å². The highest BCUT2D eigenvalue weighted by Gasteiger charge is 2.32. The number of para-hydroxylation sites is 1. The lowest BCUT2D eigenvalue weighted by molar-refractivity contribution is -0.113. The predicted molar refractivity (Wildman–Crippen MR) is 105 cm³/mol. The Balaban J connectivity index is 2.01. The molecule has 0 saturated heterocycles. The topological polar surface area (TPSA) is 44.4 Å². The number of nitrogens with zero attached hydrogens (tertiary/aromatic N) is 1. The molecule has 1 aliphatic heterocycles. The zero-order valence-electron chi connectivity index (χ0n) is 14.8. The van der Waals surface area contributed by atoms with Gasteiger partial charge in [-0.2, -0.15) is 0 Å². The Bertz CT molecular complexity index is 892. The second kappa shape index (κ2) is 7.25. The van der Waals surface area contributed by atoms with E-state index in [-0.39, 0.29) is 11.7 Å². The molecule has 1 unspecified atom stereocenters. The molecule has 2 aromatic carbocycles. The van der Waals surface area contributed by atoms with Gasteiger partial charge in [0.05, 0.1) is 11.6 Å². The minimum absolute atomic E-state index is 0.215. The van der Waals surface area contributed by atoms with Gasteiger partial charge in [-0.05, 0) is 55.4 Å². The highest BCUT2D eigenvalue weighted by Crippen LogP contribution is 2.31. The SMILES string of the molecule is CC1=C(C(=O)Nc2ccccc2C)C(c2ccc(F)cc2)NC(=S)N1C. The third-order valence-corrected chi connectivity index (χ3v) is 4.99. The van der Waals surface area contributed by atoms with E-state index < -0.39 is 6.04 Å². The van der Waals surface area contributed by atoms with E-state index in [1.165, 1.54) is 12.1 Å². The Labute approximate surface area is 157 Å². The Hall–Kier alpha value is -2.73. The van der Waals surface area contributed by atoms with Crippen LogP contribution in [0.15, 0.2) is 59.8 Å². The smallest absolute Gasteiger partial charge is 0.255 e. The van der Waals surface area contributed by atoms with Crippen LogP contribution in [0.1, 0.15) is 24.1 Å². The summed E-state index contributed by atoms with van der Waals surface area (Å²) in [5.74, 6) is -0.538. The maximum atomic E-state index is 13.3. The quantitative estimate of drug-likeness (QED) is 0.806. The van der Waals surface area contributed by atoms with E-state index in [1.807, 2.05) is 45.2 Å². The number of aryl methyl sites for hydroxylation is 1. The zero-order chi connectivity index (χ0) is 18.8. The number of allylic oxidation sites excluding steroid dienone is 1.